The molecule has 1 N–H and O–H groups in total. The van der Waals surface area contributed by atoms with Gasteiger partial charge in [-0.3, -0.25) is 4.79 Å². The van der Waals surface area contributed by atoms with Gasteiger partial charge < -0.3 is 10.1 Å². The highest BCUT2D eigenvalue weighted by Crippen LogP contribution is 2.32. The molecule has 27 heavy (non-hydrogen) atoms. The number of nitrogens with zero attached hydrogens (tertiary/aromatic N) is 1. The fourth-order valence-electron chi connectivity index (χ4n) is 2.16. The van der Waals surface area contributed by atoms with E-state index in [1.165, 1.54) is 11.8 Å². The van der Waals surface area contributed by atoms with E-state index in [-0.39, 0.29) is 18.6 Å². The predicted molar refractivity (Wildman–Crippen MR) is 104 cm³/mol. The summed E-state index contributed by atoms with van der Waals surface area (Å²) in [6.07, 6.45) is 0. The molecule has 1 unspecified atom stereocenters. The standard InChI is InChI=1S/C21H22N2O3S/c1-14(2)15(3)23-20(24)13-26-21(25)17-9-5-7-11-19(17)27-18-10-6-4-8-16(18)12-22/h4-11,14-15H,13H2,1-3H3,(H,23,24). The van der Waals surface area contributed by atoms with E-state index in [2.05, 4.69) is 11.4 Å². The molecule has 2 aromatic carbocycles. The molecule has 0 saturated heterocycles. The number of ether oxygens (including phenoxy) is 1. The van der Waals surface area contributed by atoms with Gasteiger partial charge in [-0.2, -0.15) is 5.26 Å². The zero-order chi connectivity index (χ0) is 19.8. The van der Waals surface area contributed by atoms with E-state index in [1.54, 1.807) is 30.3 Å². The Kier molecular flexibility index (Phi) is 7.44. The molecule has 0 aliphatic rings. The van der Waals surface area contributed by atoms with E-state index in [0.29, 0.717) is 21.9 Å². The molecular formula is C21H22N2O3S. The zero-order valence-corrected chi connectivity index (χ0v) is 16.4. The summed E-state index contributed by atoms with van der Waals surface area (Å²) in [5, 5.41) is 12.0. The van der Waals surface area contributed by atoms with Crippen LogP contribution < -0.4 is 5.32 Å². The SMILES string of the molecule is CC(C)C(C)NC(=O)COC(=O)c1ccccc1Sc1ccccc1C#N. The van der Waals surface area contributed by atoms with Gasteiger partial charge in [-0.1, -0.05) is 49.9 Å². The van der Waals surface area contributed by atoms with E-state index < -0.39 is 5.97 Å². The lowest BCUT2D eigenvalue weighted by Gasteiger charge is -2.17. The molecule has 140 valence electrons. The molecule has 2 rings (SSSR count). The average Bonchev–Trinajstić information content (AvgIpc) is 2.66. The topological polar surface area (TPSA) is 79.2 Å². The van der Waals surface area contributed by atoms with Crippen molar-refractivity contribution < 1.29 is 14.3 Å². The zero-order valence-electron chi connectivity index (χ0n) is 15.6. The molecule has 0 fully saturated rings. The van der Waals surface area contributed by atoms with Crippen LogP contribution in [0.3, 0.4) is 0 Å². The molecule has 2 aromatic rings. The van der Waals surface area contributed by atoms with E-state index in [1.807, 2.05) is 39.0 Å². The van der Waals surface area contributed by atoms with E-state index in [9.17, 15) is 14.9 Å². The number of hydrogen-bond acceptors (Lipinski definition) is 5. The van der Waals surface area contributed by atoms with Crippen molar-refractivity contribution in [3.63, 3.8) is 0 Å². The van der Waals surface area contributed by atoms with Crippen LogP contribution in [0.5, 0.6) is 0 Å². The van der Waals surface area contributed by atoms with Crippen molar-refractivity contribution in [1.82, 2.24) is 5.32 Å². The smallest absolute Gasteiger partial charge is 0.339 e. The Morgan fingerprint density at radius 1 is 1.07 bits per heavy atom. The van der Waals surface area contributed by atoms with Gasteiger partial charge in [0.05, 0.1) is 11.1 Å². The fourth-order valence-corrected chi connectivity index (χ4v) is 3.18. The van der Waals surface area contributed by atoms with Crippen molar-refractivity contribution in [3.05, 3.63) is 59.7 Å². The van der Waals surface area contributed by atoms with Gasteiger partial charge in [0.1, 0.15) is 6.07 Å². The second kappa shape index (κ2) is 9.79. The molecule has 1 atom stereocenters. The van der Waals surface area contributed by atoms with Crippen LogP contribution >= 0.6 is 11.8 Å². The highest BCUT2D eigenvalue weighted by atomic mass is 32.2. The maximum atomic E-state index is 12.5. The minimum absolute atomic E-state index is 0.00141. The van der Waals surface area contributed by atoms with Gasteiger partial charge in [0.25, 0.3) is 5.91 Å². The number of esters is 1. The molecule has 5 nitrogen and oxygen atoms in total. The number of benzene rings is 2. The van der Waals surface area contributed by atoms with E-state index in [4.69, 9.17) is 4.74 Å². The third kappa shape index (κ3) is 5.87. The van der Waals surface area contributed by atoms with Gasteiger partial charge in [-0.25, -0.2) is 4.79 Å². The minimum atomic E-state index is -0.570. The lowest BCUT2D eigenvalue weighted by molar-refractivity contribution is -0.125. The summed E-state index contributed by atoms with van der Waals surface area (Å²) >= 11 is 1.32. The molecule has 0 heterocycles. The first-order chi connectivity index (χ1) is 12.9. The molecule has 0 saturated carbocycles. The number of carbonyl (C=O) groups is 2. The predicted octanol–water partition coefficient (Wildman–Crippen LogP) is 4.03. The fraction of sp³-hybridized carbons (Fsp3) is 0.286. The normalized spacial score (nSPS) is 11.5. The maximum absolute atomic E-state index is 12.5. The molecule has 0 aliphatic heterocycles. The largest absolute Gasteiger partial charge is 0.452 e. The quantitative estimate of drug-likeness (QED) is 0.732. The number of nitriles is 1. The molecule has 0 aliphatic carbocycles. The highest BCUT2D eigenvalue weighted by Gasteiger charge is 2.17. The molecule has 6 heteroatoms. The summed E-state index contributed by atoms with van der Waals surface area (Å²) in [5.41, 5.74) is 0.896. The second-order valence-corrected chi connectivity index (χ2v) is 7.47. The molecule has 0 aromatic heterocycles. The number of rotatable bonds is 7. The van der Waals surface area contributed by atoms with Crippen LogP contribution in [0.4, 0.5) is 0 Å². The van der Waals surface area contributed by atoms with Gasteiger partial charge in [-0.05, 0) is 37.1 Å². The Labute approximate surface area is 163 Å². The number of carbonyl (C=O) groups excluding carboxylic acids is 2. The third-order valence-electron chi connectivity index (χ3n) is 4.06. The van der Waals surface area contributed by atoms with Gasteiger partial charge in [0.15, 0.2) is 6.61 Å². The monoisotopic (exact) mass is 382 g/mol. The van der Waals surface area contributed by atoms with Crippen LogP contribution in [-0.2, 0) is 9.53 Å². The van der Waals surface area contributed by atoms with Crippen molar-refractivity contribution in [2.75, 3.05) is 6.61 Å². The number of nitrogens with one attached hydrogen (secondary N) is 1. The van der Waals surface area contributed by atoms with Gasteiger partial charge >= 0.3 is 5.97 Å². The summed E-state index contributed by atoms with van der Waals surface area (Å²) in [7, 11) is 0. The Morgan fingerprint density at radius 3 is 2.37 bits per heavy atom. The van der Waals surface area contributed by atoms with Crippen LogP contribution in [-0.4, -0.2) is 24.5 Å². The first-order valence-electron chi connectivity index (χ1n) is 8.65. The average molecular weight is 382 g/mol. The van der Waals surface area contributed by atoms with Crippen molar-refractivity contribution in [3.8, 4) is 6.07 Å². The molecule has 0 spiro atoms. The van der Waals surface area contributed by atoms with Crippen LogP contribution in [0.15, 0.2) is 58.3 Å². The number of hydrogen-bond donors (Lipinski definition) is 1. The first-order valence-corrected chi connectivity index (χ1v) is 9.46. The van der Waals surface area contributed by atoms with Crippen LogP contribution in [0, 0.1) is 17.2 Å². The van der Waals surface area contributed by atoms with Crippen LogP contribution in [0.2, 0.25) is 0 Å². The van der Waals surface area contributed by atoms with Gasteiger partial charge in [0, 0.05) is 15.8 Å². The van der Waals surface area contributed by atoms with Crippen molar-refractivity contribution in [2.24, 2.45) is 5.92 Å². The van der Waals surface area contributed by atoms with Gasteiger partial charge in [-0.15, -0.1) is 0 Å². The highest BCUT2D eigenvalue weighted by molar-refractivity contribution is 7.99. The van der Waals surface area contributed by atoms with Crippen molar-refractivity contribution in [2.45, 2.75) is 36.6 Å². The Hall–Kier alpha value is -2.78. The Bertz CT molecular complexity index is 859. The van der Waals surface area contributed by atoms with E-state index in [0.717, 1.165) is 4.90 Å². The maximum Gasteiger partial charge on any atom is 0.339 e. The minimum Gasteiger partial charge on any atom is -0.452 e. The summed E-state index contributed by atoms with van der Waals surface area (Å²) in [6.45, 7) is 5.58. The lowest BCUT2D eigenvalue weighted by Crippen LogP contribution is -2.38. The Balaban J connectivity index is 2.07. The summed E-state index contributed by atoms with van der Waals surface area (Å²) < 4.78 is 5.18. The Morgan fingerprint density at radius 2 is 1.70 bits per heavy atom. The summed E-state index contributed by atoms with van der Waals surface area (Å²) in [4.78, 5) is 25.8. The van der Waals surface area contributed by atoms with Crippen molar-refractivity contribution in [1.29, 1.82) is 5.26 Å². The summed E-state index contributed by atoms with van der Waals surface area (Å²) in [5.74, 6) is -0.605. The van der Waals surface area contributed by atoms with Gasteiger partial charge in [0.2, 0.25) is 0 Å². The molecule has 0 bridgehead atoms. The molecule has 1 amide bonds. The van der Waals surface area contributed by atoms with Crippen LogP contribution in [0.25, 0.3) is 0 Å². The molecular weight excluding hydrogens is 360 g/mol. The summed E-state index contributed by atoms with van der Waals surface area (Å²) in [6, 6.07) is 16.3. The number of amides is 1. The van der Waals surface area contributed by atoms with Crippen molar-refractivity contribution >= 4 is 23.6 Å². The molecule has 0 radical (unpaired) electrons. The van der Waals surface area contributed by atoms with Crippen LogP contribution in [0.1, 0.15) is 36.7 Å². The van der Waals surface area contributed by atoms with E-state index >= 15 is 0 Å². The first kappa shape index (κ1) is 20.5. The lowest BCUT2D eigenvalue weighted by atomic mass is 10.1. The third-order valence-corrected chi connectivity index (χ3v) is 5.21. The second-order valence-electron chi connectivity index (χ2n) is 6.38.